The lowest BCUT2D eigenvalue weighted by molar-refractivity contribution is -0.429. The Morgan fingerprint density at radius 2 is 2.13 bits per heavy atom. The minimum Gasteiger partial charge on any atom is -0.683 e. The molecule has 2 N–H and O–H groups in total. The van der Waals surface area contributed by atoms with Crippen LogP contribution in [0.25, 0.3) is 5.32 Å². The lowest BCUT2D eigenvalue weighted by Gasteiger charge is -2.26. The van der Waals surface area contributed by atoms with Crippen molar-refractivity contribution in [1.82, 2.24) is 10.3 Å². The predicted molar refractivity (Wildman–Crippen MR) is 120 cm³/mol. The van der Waals surface area contributed by atoms with Crippen LogP contribution in [-0.2, 0) is 0 Å². The van der Waals surface area contributed by atoms with Gasteiger partial charge in [-0.1, -0.05) is 37.1 Å². The number of carbonyl (C=O) groups is 1. The van der Waals surface area contributed by atoms with Gasteiger partial charge in [0.15, 0.2) is 18.1 Å². The van der Waals surface area contributed by atoms with E-state index in [0.29, 0.717) is 11.5 Å². The zero-order valence-electron chi connectivity index (χ0n) is 17.4. The van der Waals surface area contributed by atoms with Gasteiger partial charge in [0.05, 0.1) is 5.56 Å². The van der Waals surface area contributed by atoms with E-state index in [1.54, 1.807) is 12.4 Å². The van der Waals surface area contributed by atoms with Crippen molar-refractivity contribution in [3.63, 3.8) is 0 Å². The van der Waals surface area contributed by atoms with Crippen molar-refractivity contribution in [3.05, 3.63) is 89.0 Å². The van der Waals surface area contributed by atoms with Crippen molar-refractivity contribution in [1.29, 1.82) is 0 Å². The smallest absolute Gasteiger partial charge is 0.257 e. The van der Waals surface area contributed by atoms with Gasteiger partial charge in [0, 0.05) is 18.1 Å². The van der Waals surface area contributed by atoms with E-state index in [0.717, 1.165) is 22.5 Å². The molecule has 6 nitrogen and oxygen atoms in total. The summed E-state index contributed by atoms with van der Waals surface area (Å²) < 4.78 is 1.98. The van der Waals surface area contributed by atoms with Gasteiger partial charge in [-0.25, -0.2) is 4.58 Å². The van der Waals surface area contributed by atoms with Gasteiger partial charge >= 0.3 is 0 Å². The van der Waals surface area contributed by atoms with Gasteiger partial charge in [0.1, 0.15) is 7.05 Å². The van der Waals surface area contributed by atoms with Gasteiger partial charge in [-0.05, 0) is 48.7 Å². The molecule has 0 radical (unpaired) electrons. The topological polar surface area (TPSA) is 71.1 Å². The summed E-state index contributed by atoms with van der Waals surface area (Å²) in [6.45, 7) is 2.03. The Balaban J connectivity index is 1.34. The number of benzene rings is 1. The molecule has 0 spiro atoms. The van der Waals surface area contributed by atoms with E-state index < -0.39 is 0 Å². The second-order valence-electron chi connectivity index (χ2n) is 7.88. The maximum Gasteiger partial charge on any atom is 0.257 e. The molecule has 2 aliphatic rings. The van der Waals surface area contributed by atoms with Crippen LogP contribution in [0.4, 0.5) is 5.69 Å². The second-order valence-corrected chi connectivity index (χ2v) is 7.88. The molecule has 30 heavy (non-hydrogen) atoms. The molecule has 1 saturated carbocycles. The summed E-state index contributed by atoms with van der Waals surface area (Å²) in [5.41, 5.74) is 4.61. The van der Waals surface area contributed by atoms with Crippen molar-refractivity contribution in [2.75, 3.05) is 12.4 Å². The number of carbonyl (C=O) groups excluding carboxylic acids is 1. The first kappa shape index (κ1) is 19.9. The Morgan fingerprint density at radius 1 is 1.30 bits per heavy atom. The normalized spacial score (nSPS) is 16.7. The molecule has 1 atom stereocenters. The van der Waals surface area contributed by atoms with Gasteiger partial charge < -0.3 is 16.0 Å². The Hall–Kier alpha value is -3.41. The zero-order valence-corrected chi connectivity index (χ0v) is 17.4. The van der Waals surface area contributed by atoms with Crippen LogP contribution in [0.2, 0.25) is 0 Å². The lowest BCUT2D eigenvalue weighted by Crippen LogP contribution is -2.21. The van der Waals surface area contributed by atoms with E-state index in [1.165, 1.54) is 19.3 Å². The number of amides is 1. The summed E-state index contributed by atoms with van der Waals surface area (Å²) >= 11 is 0. The van der Waals surface area contributed by atoms with E-state index in [1.807, 2.05) is 73.7 Å². The molecular formula is C24H27N5O. The molecule has 1 aliphatic carbocycles. The van der Waals surface area contributed by atoms with Crippen molar-refractivity contribution < 1.29 is 9.37 Å². The van der Waals surface area contributed by atoms with Crippen LogP contribution in [0.5, 0.6) is 0 Å². The molecule has 1 aliphatic heterocycles. The quantitative estimate of drug-likeness (QED) is 0.632. The van der Waals surface area contributed by atoms with Gasteiger partial charge in [-0.15, -0.1) is 0 Å². The molecule has 0 bridgehead atoms. The van der Waals surface area contributed by atoms with E-state index in [9.17, 15) is 4.79 Å². The number of hydrogen-bond acceptors (Lipinski definition) is 3. The average molecular weight is 402 g/mol. The summed E-state index contributed by atoms with van der Waals surface area (Å²) in [6.07, 6.45) is 14.7. The Kier molecular flexibility index (Phi) is 5.93. The first-order valence-corrected chi connectivity index (χ1v) is 10.3. The Morgan fingerprint density at radius 3 is 2.87 bits per heavy atom. The number of pyridine rings is 1. The van der Waals surface area contributed by atoms with Crippen LogP contribution in [0, 0.1) is 0 Å². The summed E-state index contributed by atoms with van der Waals surface area (Å²) in [5, 5.41) is 10.7. The molecule has 1 aromatic heterocycles. The van der Waals surface area contributed by atoms with Gasteiger partial charge in [-0.3, -0.25) is 9.78 Å². The molecule has 2 heterocycles. The highest BCUT2D eigenvalue weighted by Crippen LogP contribution is 2.36. The number of nitrogens with one attached hydrogen (secondary N) is 2. The lowest BCUT2D eigenvalue weighted by atomic mass is 9.80. The Bertz CT molecular complexity index is 1020. The highest BCUT2D eigenvalue weighted by atomic mass is 16.1. The molecule has 1 fully saturated rings. The number of rotatable bonds is 8. The number of aromatic nitrogens is 1. The van der Waals surface area contributed by atoms with E-state index in [4.69, 9.17) is 0 Å². The first-order valence-electron chi connectivity index (χ1n) is 10.3. The molecule has 6 heteroatoms. The summed E-state index contributed by atoms with van der Waals surface area (Å²) in [7, 11) is 1.98. The predicted octanol–water partition coefficient (Wildman–Crippen LogP) is 4.67. The van der Waals surface area contributed by atoms with E-state index >= 15 is 0 Å². The van der Waals surface area contributed by atoms with Crippen molar-refractivity contribution in [3.8, 4) is 0 Å². The fraction of sp³-hybridized carbons (Fsp3) is 0.292. The highest BCUT2D eigenvalue weighted by Gasteiger charge is 2.20. The van der Waals surface area contributed by atoms with Crippen molar-refractivity contribution in [2.45, 2.75) is 38.1 Å². The first-order chi connectivity index (χ1) is 14.6. The SMILES string of the molecule is CC([N-]C=CNC1=C[N+](C)=C1)c1cccc(NC(=O)c2cncc(C3CCC3)c2)c1. The molecule has 1 amide bonds. The summed E-state index contributed by atoms with van der Waals surface area (Å²) in [6, 6.07) is 9.76. The van der Waals surface area contributed by atoms with Crippen LogP contribution in [0.3, 0.4) is 0 Å². The molecule has 4 rings (SSSR count). The summed E-state index contributed by atoms with van der Waals surface area (Å²) in [5.74, 6) is 0.419. The number of nitrogens with zero attached hydrogens (tertiary/aromatic N) is 3. The molecule has 1 aromatic carbocycles. The van der Waals surface area contributed by atoms with Crippen LogP contribution in [0.15, 0.2) is 67.0 Å². The maximum absolute atomic E-state index is 12.7. The molecule has 1 unspecified atom stereocenters. The van der Waals surface area contributed by atoms with Crippen LogP contribution in [-0.4, -0.2) is 28.7 Å². The molecule has 154 valence electrons. The second kappa shape index (κ2) is 8.95. The number of allylic oxidation sites excluding steroid dienone is 1. The monoisotopic (exact) mass is 401 g/mol. The van der Waals surface area contributed by atoms with Gasteiger partial charge in [0.2, 0.25) is 0 Å². The minimum absolute atomic E-state index is 0.0227. The van der Waals surface area contributed by atoms with E-state index in [2.05, 4.69) is 20.9 Å². The zero-order chi connectivity index (χ0) is 20.9. The third-order valence-corrected chi connectivity index (χ3v) is 5.54. The largest absolute Gasteiger partial charge is 0.683 e. The Labute approximate surface area is 177 Å². The molecule has 0 saturated heterocycles. The number of hydrogen-bond donors (Lipinski definition) is 2. The highest BCUT2D eigenvalue weighted by molar-refractivity contribution is 6.04. The van der Waals surface area contributed by atoms with Crippen LogP contribution < -0.4 is 10.6 Å². The fourth-order valence-electron chi connectivity index (χ4n) is 3.52. The standard InChI is InChI=1S/C24H27N5O/c1-17(26-9-10-27-23-15-29(2)16-23)19-7-4-8-22(12-19)28-24(30)21-11-20(13-25-14-21)18-5-3-6-18/h4,7-18,27H,3,5-6H2,1-2H3,(H,28,30). The third kappa shape index (κ3) is 4.76. The van der Waals surface area contributed by atoms with Crippen molar-refractivity contribution in [2.24, 2.45) is 0 Å². The number of anilines is 1. The third-order valence-electron chi connectivity index (χ3n) is 5.54. The van der Waals surface area contributed by atoms with E-state index in [-0.39, 0.29) is 11.9 Å². The van der Waals surface area contributed by atoms with Gasteiger partial charge in [0.25, 0.3) is 5.91 Å². The maximum atomic E-state index is 12.7. The van der Waals surface area contributed by atoms with Crippen LogP contribution in [0.1, 0.15) is 59.6 Å². The minimum atomic E-state index is -0.135. The van der Waals surface area contributed by atoms with Gasteiger partial charge in [-0.2, -0.15) is 6.20 Å². The molecule has 2 aromatic rings. The fourth-order valence-corrected chi connectivity index (χ4v) is 3.52. The van der Waals surface area contributed by atoms with Crippen LogP contribution >= 0.6 is 0 Å². The average Bonchev–Trinajstić information content (AvgIpc) is 2.68. The van der Waals surface area contributed by atoms with Crippen molar-refractivity contribution >= 4 is 17.8 Å². The molecular weight excluding hydrogens is 374 g/mol. The summed E-state index contributed by atoms with van der Waals surface area (Å²) in [4.78, 5) is 17.0.